The maximum Gasteiger partial charge on any atom is 0.292 e. The van der Waals surface area contributed by atoms with Crippen LogP contribution in [0, 0.1) is 17.0 Å². The second-order valence-electron chi connectivity index (χ2n) is 5.74. The van der Waals surface area contributed by atoms with Crippen LogP contribution >= 0.6 is 0 Å². The minimum Gasteiger partial charge on any atom is -0.380 e. The predicted molar refractivity (Wildman–Crippen MR) is 93.5 cm³/mol. The lowest BCUT2D eigenvalue weighted by atomic mass is 10.0. The molecule has 24 heavy (non-hydrogen) atoms. The van der Waals surface area contributed by atoms with Gasteiger partial charge in [0.2, 0.25) is 0 Å². The minimum absolute atomic E-state index is 0.00333. The van der Waals surface area contributed by atoms with E-state index >= 15 is 0 Å². The summed E-state index contributed by atoms with van der Waals surface area (Å²) in [5.74, 6) is 0. The Bertz CT molecular complexity index is 788. The average Bonchev–Trinajstić information content (AvgIpc) is 2.56. The first-order valence-electron chi connectivity index (χ1n) is 7.56. The Morgan fingerprint density at radius 1 is 1.33 bits per heavy atom. The maximum absolute atomic E-state index is 11.8. The molecule has 1 heterocycles. The highest BCUT2D eigenvalue weighted by Gasteiger charge is 2.16. The lowest BCUT2D eigenvalue weighted by Crippen LogP contribution is -2.19. The SMILES string of the molecule is COC(C)CNc1cc(-c2cc(C)c(=O)n(C)c2)ccc1[N+](=O)[O-]. The Morgan fingerprint density at radius 3 is 2.62 bits per heavy atom. The van der Waals surface area contributed by atoms with Gasteiger partial charge < -0.3 is 14.6 Å². The van der Waals surface area contributed by atoms with Gasteiger partial charge in [0.1, 0.15) is 5.69 Å². The van der Waals surface area contributed by atoms with Crippen LogP contribution < -0.4 is 10.9 Å². The van der Waals surface area contributed by atoms with Crippen molar-refractivity contribution in [1.29, 1.82) is 0 Å². The summed E-state index contributed by atoms with van der Waals surface area (Å²) in [6.45, 7) is 4.07. The summed E-state index contributed by atoms with van der Waals surface area (Å²) in [7, 11) is 3.27. The summed E-state index contributed by atoms with van der Waals surface area (Å²) in [6.07, 6.45) is 1.64. The number of methoxy groups -OCH3 is 1. The molecule has 0 saturated heterocycles. The number of nitrogens with zero attached hydrogens (tertiary/aromatic N) is 2. The van der Waals surface area contributed by atoms with E-state index in [-0.39, 0.29) is 17.4 Å². The average molecular weight is 331 g/mol. The predicted octanol–water partition coefficient (Wildman–Crippen LogP) is 2.72. The maximum atomic E-state index is 11.8. The Balaban J connectivity index is 2.45. The molecule has 2 aromatic rings. The van der Waals surface area contributed by atoms with Gasteiger partial charge in [-0.2, -0.15) is 0 Å². The molecule has 1 atom stereocenters. The summed E-state index contributed by atoms with van der Waals surface area (Å²) >= 11 is 0. The monoisotopic (exact) mass is 331 g/mol. The number of nitro groups is 1. The molecule has 0 fully saturated rings. The number of hydrogen-bond acceptors (Lipinski definition) is 5. The lowest BCUT2D eigenvalue weighted by Gasteiger charge is -2.13. The Morgan fingerprint density at radius 2 is 2.04 bits per heavy atom. The van der Waals surface area contributed by atoms with Crippen molar-refractivity contribution < 1.29 is 9.66 Å². The van der Waals surface area contributed by atoms with Gasteiger partial charge in [-0.25, -0.2) is 0 Å². The zero-order chi connectivity index (χ0) is 17.9. The molecule has 0 saturated carbocycles. The molecular formula is C17H21N3O4. The van der Waals surface area contributed by atoms with Crippen LogP contribution in [-0.4, -0.2) is 29.2 Å². The first-order chi connectivity index (χ1) is 11.3. The molecule has 0 radical (unpaired) electrons. The highest BCUT2D eigenvalue weighted by atomic mass is 16.6. The molecule has 0 aliphatic carbocycles. The van der Waals surface area contributed by atoms with Crippen molar-refractivity contribution in [1.82, 2.24) is 4.57 Å². The van der Waals surface area contributed by atoms with Crippen molar-refractivity contribution in [3.8, 4) is 11.1 Å². The van der Waals surface area contributed by atoms with Crippen LogP contribution in [0.1, 0.15) is 12.5 Å². The fourth-order valence-corrected chi connectivity index (χ4v) is 2.39. The molecule has 1 aromatic heterocycles. The summed E-state index contributed by atoms with van der Waals surface area (Å²) < 4.78 is 6.67. The van der Waals surface area contributed by atoms with Gasteiger partial charge in [0.05, 0.1) is 11.0 Å². The number of nitro benzene ring substituents is 1. The van der Waals surface area contributed by atoms with Crippen LogP contribution in [0.4, 0.5) is 11.4 Å². The summed E-state index contributed by atoms with van der Waals surface area (Å²) in [6, 6.07) is 6.66. The molecule has 0 aliphatic rings. The number of aromatic nitrogens is 1. The number of rotatable bonds is 6. The van der Waals surface area contributed by atoms with Crippen molar-refractivity contribution >= 4 is 11.4 Å². The van der Waals surface area contributed by atoms with Crippen molar-refractivity contribution in [2.75, 3.05) is 19.0 Å². The van der Waals surface area contributed by atoms with E-state index in [9.17, 15) is 14.9 Å². The molecule has 7 nitrogen and oxygen atoms in total. The van der Waals surface area contributed by atoms with Gasteiger partial charge in [-0.3, -0.25) is 14.9 Å². The lowest BCUT2D eigenvalue weighted by molar-refractivity contribution is -0.383. The van der Waals surface area contributed by atoms with E-state index in [1.165, 1.54) is 10.6 Å². The number of hydrogen-bond donors (Lipinski definition) is 1. The molecule has 0 amide bonds. The number of nitrogens with one attached hydrogen (secondary N) is 1. The van der Waals surface area contributed by atoms with Crippen LogP contribution in [0.25, 0.3) is 11.1 Å². The van der Waals surface area contributed by atoms with Crippen LogP contribution in [-0.2, 0) is 11.8 Å². The summed E-state index contributed by atoms with van der Waals surface area (Å²) in [5, 5.41) is 14.3. The zero-order valence-electron chi connectivity index (χ0n) is 14.2. The molecule has 1 unspecified atom stereocenters. The molecule has 1 N–H and O–H groups in total. The number of ether oxygens (including phenoxy) is 1. The molecule has 0 bridgehead atoms. The first kappa shape index (κ1) is 17.7. The van der Waals surface area contributed by atoms with Crippen molar-refractivity contribution in [2.24, 2.45) is 7.05 Å². The van der Waals surface area contributed by atoms with E-state index in [4.69, 9.17) is 4.74 Å². The minimum atomic E-state index is -0.421. The fourth-order valence-electron chi connectivity index (χ4n) is 2.39. The van der Waals surface area contributed by atoms with Gasteiger partial charge in [0, 0.05) is 38.5 Å². The van der Waals surface area contributed by atoms with Crippen LogP contribution in [0.5, 0.6) is 0 Å². The molecule has 0 aliphatic heterocycles. The number of pyridine rings is 1. The fraction of sp³-hybridized carbons (Fsp3) is 0.353. The van der Waals surface area contributed by atoms with Gasteiger partial charge in [-0.05, 0) is 43.2 Å². The highest BCUT2D eigenvalue weighted by molar-refractivity contribution is 5.74. The third kappa shape index (κ3) is 3.80. The van der Waals surface area contributed by atoms with Gasteiger partial charge in [0.15, 0.2) is 0 Å². The van der Waals surface area contributed by atoms with Gasteiger partial charge >= 0.3 is 0 Å². The summed E-state index contributed by atoms with van der Waals surface area (Å²) in [4.78, 5) is 22.6. The quantitative estimate of drug-likeness (QED) is 0.649. The van der Waals surface area contributed by atoms with Crippen LogP contribution in [0.3, 0.4) is 0 Å². The third-order valence-electron chi connectivity index (χ3n) is 3.87. The first-order valence-corrected chi connectivity index (χ1v) is 7.56. The summed E-state index contributed by atoms with van der Waals surface area (Å²) in [5.41, 5.74) is 2.61. The van der Waals surface area contributed by atoms with Crippen LogP contribution in [0.15, 0.2) is 35.3 Å². The van der Waals surface area contributed by atoms with E-state index in [0.717, 1.165) is 11.1 Å². The topological polar surface area (TPSA) is 86.4 Å². The Hall–Kier alpha value is -2.67. The van der Waals surface area contributed by atoms with Crippen molar-refractivity contribution in [2.45, 2.75) is 20.0 Å². The number of aryl methyl sites for hydroxylation is 2. The molecule has 0 spiro atoms. The van der Waals surface area contributed by atoms with E-state index < -0.39 is 4.92 Å². The number of benzene rings is 1. The Kier molecular flexibility index (Phi) is 5.35. The van der Waals surface area contributed by atoms with Crippen LogP contribution in [0.2, 0.25) is 0 Å². The standard InChI is InChI=1S/C17H21N3O4/c1-11-7-14(10-19(3)17(11)21)13-5-6-16(20(22)23)15(8-13)18-9-12(2)24-4/h5-8,10,12,18H,9H2,1-4H3. The second kappa shape index (κ2) is 7.27. The molecule has 2 rings (SSSR count). The molecule has 7 heteroatoms. The largest absolute Gasteiger partial charge is 0.380 e. The highest BCUT2D eigenvalue weighted by Crippen LogP contribution is 2.30. The zero-order valence-corrected chi connectivity index (χ0v) is 14.2. The molecular weight excluding hydrogens is 310 g/mol. The van der Waals surface area contributed by atoms with E-state index in [0.29, 0.717) is 17.8 Å². The molecule has 1 aromatic carbocycles. The van der Waals surface area contributed by atoms with Crippen molar-refractivity contribution in [3.05, 3.63) is 56.5 Å². The Labute approximate surface area is 140 Å². The smallest absolute Gasteiger partial charge is 0.292 e. The number of anilines is 1. The van der Waals surface area contributed by atoms with E-state index in [1.807, 2.05) is 6.92 Å². The third-order valence-corrected chi connectivity index (χ3v) is 3.87. The van der Waals surface area contributed by atoms with Gasteiger partial charge in [-0.15, -0.1) is 0 Å². The normalized spacial score (nSPS) is 12.0. The van der Waals surface area contributed by atoms with Crippen molar-refractivity contribution in [3.63, 3.8) is 0 Å². The molecule has 128 valence electrons. The van der Waals surface area contributed by atoms with E-state index in [1.54, 1.807) is 45.5 Å². The van der Waals surface area contributed by atoms with Gasteiger partial charge in [0.25, 0.3) is 11.2 Å². The van der Waals surface area contributed by atoms with Gasteiger partial charge in [-0.1, -0.05) is 0 Å². The van der Waals surface area contributed by atoms with E-state index in [2.05, 4.69) is 5.32 Å². The second-order valence-corrected chi connectivity index (χ2v) is 5.74.